The second-order valence-corrected chi connectivity index (χ2v) is 5.27. The van der Waals surface area contributed by atoms with Crippen LogP contribution in [0.1, 0.15) is 39.1 Å². The molecule has 5 heteroatoms. The van der Waals surface area contributed by atoms with Crippen LogP contribution in [0.15, 0.2) is 0 Å². The van der Waals surface area contributed by atoms with E-state index in [1.165, 1.54) is 0 Å². The lowest BCUT2D eigenvalue weighted by molar-refractivity contribution is -0.0893. The first-order valence-corrected chi connectivity index (χ1v) is 5.52. The zero-order valence-corrected chi connectivity index (χ0v) is 11.0. The summed E-state index contributed by atoms with van der Waals surface area (Å²) >= 11 is 0. The van der Waals surface area contributed by atoms with Gasteiger partial charge >= 0.3 is 7.48 Å². The van der Waals surface area contributed by atoms with E-state index in [1.807, 2.05) is 27.7 Å². The monoisotopic (exact) mass is 224 g/mol. The number of nitrogens with zero attached hydrogens (tertiary/aromatic N) is 1. The molecule has 16 heavy (non-hydrogen) atoms. The highest BCUT2D eigenvalue weighted by atomic mass is 16.5. The van der Waals surface area contributed by atoms with Gasteiger partial charge in [-0.05, 0) is 47.0 Å². The highest BCUT2D eigenvalue weighted by Gasteiger charge is 2.36. The van der Waals surface area contributed by atoms with Gasteiger partial charge in [-0.3, -0.25) is 5.10 Å². The first-order chi connectivity index (χ1) is 7.15. The normalized spacial score (nSPS) is 12.9. The average Bonchev–Trinajstić information content (AvgIpc) is 2.42. The molecule has 0 saturated heterocycles. The molecule has 1 aromatic heterocycles. The van der Waals surface area contributed by atoms with Crippen LogP contribution in [-0.4, -0.2) is 34.0 Å². The summed E-state index contributed by atoms with van der Waals surface area (Å²) in [6.07, 6.45) is 0. The van der Waals surface area contributed by atoms with Crippen molar-refractivity contribution in [1.29, 1.82) is 0 Å². The van der Waals surface area contributed by atoms with Crippen LogP contribution in [-0.2, 0) is 4.65 Å². The number of nitrogens with one attached hydrogen (secondary N) is 1. The van der Waals surface area contributed by atoms with E-state index < -0.39 is 11.2 Å². The molecule has 2 N–H and O–H groups in total. The molecule has 0 aliphatic carbocycles. The van der Waals surface area contributed by atoms with Crippen molar-refractivity contribution >= 4 is 12.9 Å². The van der Waals surface area contributed by atoms with Crippen molar-refractivity contribution in [3.8, 4) is 0 Å². The van der Waals surface area contributed by atoms with Crippen LogP contribution in [0.3, 0.4) is 0 Å². The summed E-state index contributed by atoms with van der Waals surface area (Å²) in [4.78, 5) is 0. The number of rotatable bonds is 4. The number of hydrogen-bond acceptors (Lipinski definition) is 3. The Morgan fingerprint density at radius 3 is 2.19 bits per heavy atom. The molecule has 1 heterocycles. The largest absolute Gasteiger partial charge is 0.427 e. The summed E-state index contributed by atoms with van der Waals surface area (Å²) in [6, 6.07) is 0. The van der Waals surface area contributed by atoms with Crippen molar-refractivity contribution < 1.29 is 9.76 Å². The third kappa shape index (κ3) is 2.65. The molecule has 0 fully saturated rings. The van der Waals surface area contributed by atoms with Crippen LogP contribution in [0.2, 0.25) is 0 Å². The maximum Gasteiger partial charge on any atom is 0.313 e. The topological polar surface area (TPSA) is 58.1 Å². The van der Waals surface area contributed by atoms with Crippen LogP contribution in [0.5, 0.6) is 0 Å². The average molecular weight is 224 g/mol. The third-order valence-electron chi connectivity index (χ3n) is 3.33. The molecule has 0 amide bonds. The second kappa shape index (κ2) is 4.22. The van der Waals surface area contributed by atoms with E-state index in [0.29, 0.717) is 7.48 Å². The summed E-state index contributed by atoms with van der Waals surface area (Å²) < 4.78 is 5.79. The minimum absolute atomic E-state index is 0.463. The summed E-state index contributed by atoms with van der Waals surface area (Å²) in [6.45, 7) is 11.2. The van der Waals surface area contributed by atoms with Crippen LogP contribution in [0.25, 0.3) is 0 Å². The van der Waals surface area contributed by atoms with Crippen LogP contribution >= 0.6 is 0 Å². The summed E-state index contributed by atoms with van der Waals surface area (Å²) in [5.74, 6) is 0. The summed E-state index contributed by atoms with van der Waals surface area (Å²) in [5, 5.41) is 17.0. The maximum absolute atomic E-state index is 9.96. The highest BCUT2D eigenvalue weighted by Crippen LogP contribution is 2.24. The molecule has 0 saturated carbocycles. The van der Waals surface area contributed by atoms with Crippen molar-refractivity contribution in [3.05, 3.63) is 11.4 Å². The zero-order valence-electron chi connectivity index (χ0n) is 11.0. The molecular weight excluding hydrogens is 203 g/mol. The van der Waals surface area contributed by atoms with Crippen LogP contribution in [0.4, 0.5) is 0 Å². The van der Waals surface area contributed by atoms with Crippen molar-refractivity contribution in [2.24, 2.45) is 0 Å². The molecule has 0 radical (unpaired) electrons. The van der Waals surface area contributed by atoms with Gasteiger partial charge in [0.05, 0.1) is 16.9 Å². The van der Waals surface area contributed by atoms with Gasteiger partial charge in [0.25, 0.3) is 0 Å². The second-order valence-electron chi connectivity index (χ2n) is 5.27. The molecule has 0 bridgehead atoms. The van der Waals surface area contributed by atoms with Crippen molar-refractivity contribution in [2.45, 2.75) is 52.7 Å². The number of aryl methyl sites for hydroxylation is 2. The minimum atomic E-state index is -0.876. The Hall–Kier alpha value is -0.805. The number of aromatic amines is 1. The molecule has 0 aliphatic heterocycles. The van der Waals surface area contributed by atoms with Gasteiger partial charge in [0.1, 0.15) is 0 Å². The fraction of sp³-hybridized carbons (Fsp3) is 0.727. The van der Waals surface area contributed by atoms with E-state index in [0.717, 1.165) is 16.9 Å². The first kappa shape index (κ1) is 13.3. The number of H-pyrrole nitrogens is 1. The molecule has 0 atom stereocenters. The molecule has 0 spiro atoms. The van der Waals surface area contributed by atoms with Crippen molar-refractivity contribution in [2.75, 3.05) is 0 Å². The number of aliphatic hydroxyl groups is 1. The van der Waals surface area contributed by atoms with Gasteiger partial charge in [0.15, 0.2) is 0 Å². The number of hydrogen-bond donors (Lipinski definition) is 2. The Morgan fingerprint density at radius 2 is 1.81 bits per heavy atom. The first-order valence-electron chi connectivity index (χ1n) is 5.52. The zero-order chi connectivity index (χ0) is 12.6. The standard InChI is InChI=1S/C11H21BN2O2/c1-7-9(8(2)14-13-7)12-16-11(5,6)10(3,4)15/h12,15H,1-6H3,(H,13,14). The fourth-order valence-corrected chi connectivity index (χ4v) is 1.22. The predicted molar refractivity (Wildman–Crippen MR) is 66.3 cm³/mol. The minimum Gasteiger partial charge on any atom is -0.427 e. The molecule has 0 unspecified atom stereocenters. The summed E-state index contributed by atoms with van der Waals surface area (Å²) in [7, 11) is 0.463. The fourth-order valence-electron chi connectivity index (χ4n) is 1.22. The molecule has 1 rings (SSSR count). The predicted octanol–water partition coefficient (Wildman–Crippen LogP) is 0.569. The lowest BCUT2D eigenvalue weighted by Gasteiger charge is -2.37. The third-order valence-corrected chi connectivity index (χ3v) is 3.33. The molecule has 0 aliphatic rings. The molecule has 0 aromatic carbocycles. The summed E-state index contributed by atoms with van der Waals surface area (Å²) in [5.41, 5.74) is 1.56. The van der Waals surface area contributed by atoms with E-state index >= 15 is 0 Å². The van der Waals surface area contributed by atoms with E-state index in [2.05, 4.69) is 10.2 Å². The van der Waals surface area contributed by atoms with Gasteiger partial charge in [-0.1, -0.05) is 0 Å². The van der Waals surface area contributed by atoms with E-state index in [4.69, 9.17) is 4.65 Å². The van der Waals surface area contributed by atoms with Crippen molar-refractivity contribution in [1.82, 2.24) is 10.2 Å². The van der Waals surface area contributed by atoms with Gasteiger partial charge in [-0.15, -0.1) is 0 Å². The lowest BCUT2D eigenvalue weighted by atomic mass is 9.81. The Balaban J connectivity index is 2.72. The molecular formula is C11H21BN2O2. The van der Waals surface area contributed by atoms with Gasteiger partial charge in [0.2, 0.25) is 0 Å². The lowest BCUT2D eigenvalue weighted by Crippen LogP contribution is -2.49. The van der Waals surface area contributed by atoms with E-state index in [1.54, 1.807) is 13.8 Å². The van der Waals surface area contributed by atoms with Gasteiger partial charge < -0.3 is 9.76 Å². The van der Waals surface area contributed by atoms with Crippen LogP contribution in [0, 0.1) is 13.8 Å². The molecule has 4 nitrogen and oxygen atoms in total. The van der Waals surface area contributed by atoms with Gasteiger partial charge in [-0.2, -0.15) is 5.10 Å². The Labute approximate surface area is 97.7 Å². The molecule has 1 aromatic rings. The highest BCUT2D eigenvalue weighted by molar-refractivity contribution is 6.48. The SMILES string of the molecule is Cc1n[nH]c(C)c1BOC(C)(C)C(C)(C)O. The quantitative estimate of drug-likeness (QED) is 0.735. The van der Waals surface area contributed by atoms with Crippen molar-refractivity contribution in [3.63, 3.8) is 0 Å². The maximum atomic E-state index is 9.96. The Kier molecular flexibility index (Phi) is 3.50. The van der Waals surface area contributed by atoms with E-state index in [-0.39, 0.29) is 0 Å². The van der Waals surface area contributed by atoms with Gasteiger partial charge in [0, 0.05) is 5.69 Å². The van der Waals surface area contributed by atoms with Crippen LogP contribution < -0.4 is 5.46 Å². The molecule has 90 valence electrons. The van der Waals surface area contributed by atoms with E-state index in [9.17, 15) is 5.11 Å². The Morgan fingerprint density at radius 1 is 1.25 bits per heavy atom. The Bertz CT molecular complexity index is 347. The number of aromatic nitrogens is 2. The van der Waals surface area contributed by atoms with Gasteiger partial charge in [-0.25, -0.2) is 0 Å². The smallest absolute Gasteiger partial charge is 0.313 e.